The molecule has 1 N–H and O–H groups in total. The highest BCUT2D eigenvalue weighted by molar-refractivity contribution is 5.66. The van der Waals surface area contributed by atoms with E-state index in [1.807, 2.05) is 6.07 Å². The zero-order chi connectivity index (χ0) is 20.1. The zero-order valence-corrected chi connectivity index (χ0v) is 17.6. The van der Waals surface area contributed by atoms with E-state index in [1.165, 1.54) is 11.6 Å². The number of benzene rings is 1. The molecule has 0 amide bonds. The highest BCUT2D eigenvalue weighted by atomic mass is 19.1. The summed E-state index contributed by atoms with van der Waals surface area (Å²) in [6.45, 7) is 12.4. The first-order chi connectivity index (χ1) is 13.4. The number of nitrogens with zero attached hydrogens (tertiary/aromatic N) is 3. The highest BCUT2D eigenvalue weighted by Gasteiger charge is 2.27. The van der Waals surface area contributed by atoms with Gasteiger partial charge in [-0.25, -0.2) is 4.98 Å². The van der Waals surface area contributed by atoms with Gasteiger partial charge in [0.2, 0.25) is 5.95 Å². The van der Waals surface area contributed by atoms with Gasteiger partial charge in [-0.1, -0.05) is 30.3 Å². The number of likely N-dealkylation sites (tertiary alicyclic amines) is 1. The molecule has 0 radical (unpaired) electrons. The zero-order valence-electron chi connectivity index (χ0n) is 17.6. The van der Waals surface area contributed by atoms with Gasteiger partial charge in [0.15, 0.2) is 5.82 Å². The molecule has 0 aliphatic carbocycles. The number of aromatic nitrogens is 1. The molecule has 1 aromatic carbocycles. The molecule has 1 aromatic heterocycles. The topological polar surface area (TPSA) is 31.4 Å². The molecule has 5 heteroatoms. The summed E-state index contributed by atoms with van der Waals surface area (Å²) in [4.78, 5) is 9.06. The molecule has 0 unspecified atom stereocenters. The summed E-state index contributed by atoms with van der Waals surface area (Å²) < 4.78 is 14.0. The van der Waals surface area contributed by atoms with Gasteiger partial charge >= 0.3 is 0 Å². The van der Waals surface area contributed by atoms with E-state index < -0.39 is 5.95 Å². The lowest BCUT2D eigenvalue weighted by Crippen LogP contribution is -2.45. The minimum Gasteiger partial charge on any atom is -0.377 e. The number of halogens is 1. The van der Waals surface area contributed by atoms with E-state index >= 15 is 0 Å². The number of hydrogen-bond donors (Lipinski definition) is 1. The monoisotopic (exact) mass is 384 g/mol. The Morgan fingerprint density at radius 1 is 1.11 bits per heavy atom. The summed E-state index contributed by atoms with van der Waals surface area (Å²) in [6.07, 6.45) is 2.13. The summed E-state index contributed by atoms with van der Waals surface area (Å²) in [5, 5.41) is 3.49. The number of nitrogens with one attached hydrogen (secondary N) is 1. The Labute approximate surface area is 168 Å². The fourth-order valence-electron chi connectivity index (χ4n) is 3.96. The average molecular weight is 385 g/mol. The largest absolute Gasteiger partial charge is 0.377 e. The highest BCUT2D eigenvalue weighted by Crippen LogP contribution is 2.31. The molecule has 0 atom stereocenters. The van der Waals surface area contributed by atoms with Gasteiger partial charge in [0.05, 0.1) is 5.69 Å². The molecular formula is C23H33FN4. The molecule has 2 aromatic rings. The van der Waals surface area contributed by atoms with Crippen LogP contribution in [0, 0.1) is 5.95 Å². The molecule has 0 bridgehead atoms. The average Bonchev–Trinajstić information content (AvgIpc) is 2.66. The second-order valence-corrected chi connectivity index (χ2v) is 8.66. The van der Waals surface area contributed by atoms with Gasteiger partial charge in [-0.3, -0.25) is 4.90 Å². The van der Waals surface area contributed by atoms with Crippen LogP contribution < -0.4 is 10.2 Å². The maximum atomic E-state index is 14.0. The van der Waals surface area contributed by atoms with Gasteiger partial charge in [0.1, 0.15) is 0 Å². The Kier molecular flexibility index (Phi) is 6.55. The van der Waals surface area contributed by atoms with Crippen molar-refractivity contribution >= 4 is 11.5 Å². The Morgan fingerprint density at radius 3 is 2.39 bits per heavy atom. The van der Waals surface area contributed by atoms with Crippen molar-refractivity contribution in [3.8, 4) is 0 Å². The molecule has 28 heavy (non-hydrogen) atoms. The lowest BCUT2D eigenvalue weighted by atomic mass is 10.0. The maximum absolute atomic E-state index is 14.0. The van der Waals surface area contributed by atoms with Crippen LogP contribution in [0.1, 0.15) is 46.1 Å². The number of anilines is 2. The first-order valence-corrected chi connectivity index (χ1v) is 10.3. The molecule has 1 aliphatic rings. The van der Waals surface area contributed by atoms with Crippen molar-refractivity contribution in [1.82, 2.24) is 9.88 Å². The summed E-state index contributed by atoms with van der Waals surface area (Å²) >= 11 is 0. The molecule has 2 heterocycles. The third-order valence-electron chi connectivity index (χ3n) is 5.21. The quantitative estimate of drug-likeness (QED) is 0.716. The van der Waals surface area contributed by atoms with E-state index in [0.717, 1.165) is 50.5 Å². The Hall–Kier alpha value is -2.14. The fraction of sp³-hybridized carbons (Fsp3) is 0.522. The van der Waals surface area contributed by atoms with Crippen molar-refractivity contribution in [3.05, 3.63) is 54.0 Å². The van der Waals surface area contributed by atoms with E-state index in [0.29, 0.717) is 6.04 Å². The third kappa shape index (κ3) is 5.44. The van der Waals surface area contributed by atoms with Crippen LogP contribution in [0.5, 0.6) is 0 Å². The summed E-state index contributed by atoms with van der Waals surface area (Å²) in [7, 11) is 0. The van der Waals surface area contributed by atoms with Crippen LogP contribution >= 0.6 is 0 Å². The molecular weight excluding hydrogens is 351 g/mol. The third-order valence-corrected chi connectivity index (χ3v) is 5.21. The van der Waals surface area contributed by atoms with Crippen LogP contribution in [0.25, 0.3) is 0 Å². The van der Waals surface area contributed by atoms with Crippen molar-refractivity contribution in [3.63, 3.8) is 0 Å². The van der Waals surface area contributed by atoms with E-state index in [1.54, 1.807) is 0 Å². The minimum atomic E-state index is -0.422. The van der Waals surface area contributed by atoms with Gasteiger partial charge in [0, 0.05) is 37.8 Å². The Bertz CT molecular complexity index is 749. The van der Waals surface area contributed by atoms with Gasteiger partial charge in [-0.2, -0.15) is 4.39 Å². The Morgan fingerprint density at radius 2 is 1.79 bits per heavy atom. The minimum absolute atomic E-state index is 0.104. The predicted octanol–water partition coefficient (Wildman–Crippen LogP) is 4.92. The molecule has 3 rings (SSSR count). The summed E-state index contributed by atoms with van der Waals surface area (Å²) in [6, 6.07) is 14.3. The van der Waals surface area contributed by atoms with E-state index in [2.05, 4.69) is 78.1 Å². The molecule has 0 saturated carbocycles. The van der Waals surface area contributed by atoms with Crippen LogP contribution in [0.4, 0.5) is 15.9 Å². The van der Waals surface area contributed by atoms with Gasteiger partial charge in [0.25, 0.3) is 0 Å². The van der Waals surface area contributed by atoms with Gasteiger partial charge in [-0.15, -0.1) is 0 Å². The molecule has 1 aliphatic heterocycles. The van der Waals surface area contributed by atoms with Crippen molar-refractivity contribution in [2.45, 2.75) is 58.7 Å². The Balaban J connectivity index is 1.70. The van der Waals surface area contributed by atoms with Crippen molar-refractivity contribution in [2.75, 3.05) is 29.9 Å². The molecule has 4 nitrogen and oxygen atoms in total. The predicted molar refractivity (Wildman–Crippen MR) is 115 cm³/mol. The van der Waals surface area contributed by atoms with Crippen LogP contribution in [-0.4, -0.2) is 41.1 Å². The maximum Gasteiger partial charge on any atom is 0.214 e. The lowest BCUT2D eigenvalue weighted by molar-refractivity contribution is 0.201. The van der Waals surface area contributed by atoms with Crippen LogP contribution in [-0.2, 0) is 6.54 Å². The van der Waals surface area contributed by atoms with Crippen LogP contribution in [0.2, 0.25) is 0 Å². The van der Waals surface area contributed by atoms with Crippen molar-refractivity contribution in [1.29, 1.82) is 0 Å². The SMILES string of the molecule is CCN(c1nc(F)ccc1NC(C)(C)C)C1CCN(Cc2ccccc2)CC1. The van der Waals surface area contributed by atoms with Crippen molar-refractivity contribution < 1.29 is 4.39 Å². The molecule has 1 saturated heterocycles. The normalized spacial score (nSPS) is 16.2. The number of pyridine rings is 1. The second-order valence-electron chi connectivity index (χ2n) is 8.66. The van der Waals surface area contributed by atoms with Gasteiger partial charge < -0.3 is 10.2 Å². The number of piperidine rings is 1. The molecule has 1 fully saturated rings. The standard InChI is InChI=1S/C23H33FN4/c1-5-28(22-20(26-23(2,3)4)11-12-21(24)25-22)19-13-15-27(16-14-19)17-18-9-7-6-8-10-18/h6-12,19,26H,5,13-17H2,1-4H3. The smallest absolute Gasteiger partial charge is 0.214 e. The van der Waals surface area contributed by atoms with Crippen LogP contribution in [0.15, 0.2) is 42.5 Å². The first kappa shape index (κ1) is 20.6. The summed E-state index contributed by atoms with van der Waals surface area (Å²) in [5.74, 6) is 0.313. The number of rotatable bonds is 6. The van der Waals surface area contributed by atoms with Gasteiger partial charge in [-0.05, 0) is 58.2 Å². The lowest BCUT2D eigenvalue weighted by Gasteiger charge is -2.40. The first-order valence-electron chi connectivity index (χ1n) is 10.3. The number of hydrogen-bond acceptors (Lipinski definition) is 4. The van der Waals surface area contributed by atoms with E-state index in [4.69, 9.17) is 0 Å². The fourth-order valence-corrected chi connectivity index (χ4v) is 3.96. The summed E-state index contributed by atoms with van der Waals surface area (Å²) in [5.41, 5.74) is 2.16. The van der Waals surface area contributed by atoms with Crippen LogP contribution in [0.3, 0.4) is 0 Å². The second kappa shape index (κ2) is 8.91. The van der Waals surface area contributed by atoms with E-state index in [9.17, 15) is 4.39 Å². The van der Waals surface area contributed by atoms with Crippen molar-refractivity contribution in [2.24, 2.45) is 0 Å². The van der Waals surface area contributed by atoms with E-state index in [-0.39, 0.29) is 5.54 Å². The molecule has 152 valence electrons. The molecule has 0 spiro atoms.